The van der Waals surface area contributed by atoms with E-state index in [1.165, 1.54) is 0 Å². The van der Waals surface area contributed by atoms with Crippen molar-refractivity contribution < 1.29 is 14.7 Å². The zero-order chi connectivity index (χ0) is 13.1. The van der Waals surface area contributed by atoms with Gasteiger partial charge in [0.25, 0.3) is 5.91 Å². The molecule has 1 saturated heterocycles. The van der Waals surface area contributed by atoms with Gasteiger partial charge in [-0.1, -0.05) is 0 Å². The molecule has 18 heavy (non-hydrogen) atoms. The zero-order valence-electron chi connectivity index (χ0n) is 10.3. The Morgan fingerprint density at radius 3 is 3.00 bits per heavy atom. The van der Waals surface area contributed by atoms with Crippen molar-refractivity contribution in [2.75, 3.05) is 13.1 Å². The van der Waals surface area contributed by atoms with Crippen molar-refractivity contribution in [3.63, 3.8) is 0 Å². The second kappa shape index (κ2) is 5.20. The molecule has 2 N–H and O–H groups in total. The van der Waals surface area contributed by atoms with Crippen LogP contribution in [0, 0.1) is 12.8 Å². The summed E-state index contributed by atoms with van der Waals surface area (Å²) in [6.45, 7) is 3.03. The van der Waals surface area contributed by atoms with Crippen LogP contribution < -0.4 is 0 Å². The van der Waals surface area contributed by atoms with Crippen LogP contribution in [0.3, 0.4) is 0 Å². The molecule has 6 nitrogen and oxygen atoms in total. The van der Waals surface area contributed by atoms with Gasteiger partial charge in [-0.15, -0.1) is 0 Å². The molecule has 6 heteroatoms. The Balaban J connectivity index is 2.00. The molecule has 1 amide bonds. The van der Waals surface area contributed by atoms with Crippen molar-refractivity contribution in [1.29, 1.82) is 0 Å². The van der Waals surface area contributed by atoms with Crippen molar-refractivity contribution in [2.24, 2.45) is 5.92 Å². The Labute approximate surface area is 105 Å². The minimum Gasteiger partial charge on any atom is -0.481 e. The summed E-state index contributed by atoms with van der Waals surface area (Å²) < 4.78 is 0. The highest BCUT2D eigenvalue weighted by Gasteiger charge is 2.26. The third-order valence-corrected chi connectivity index (χ3v) is 3.19. The van der Waals surface area contributed by atoms with Gasteiger partial charge in [0.1, 0.15) is 5.69 Å². The molecule has 1 fully saturated rings. The number of hydrogen-bond donors (Lipinski definition) is 2. The predicted octanol–water partition coefficient (Wildman–Crippen LogP) is 1.05. The highest BCUT2D eigenvalue weighted by molar-refractivity contribution is 5.92. The van der Waals surface area contributed by atoms with E-state index in [0.29, 0.717) is 18.8 Å². The SMILES string of the molecule is Cc1cc(C(=O)N2CCCC(CC(=O)O)C2)n[nH]1. The maximum Gasteiger partial charge on any atom is 0.303 e. The minimum atomic E-state index is -0.801. The molecule has 0 spiro atoms. The third kappa shape index (κ3) is 2.88. The Bertz CT molecular complexity index is 455. The number of piperidine rings is 1. The lowest BCUT2D eigenvalue weighted by atomic mass is 9.94. The van der Waals surface area contributed by atoms with Crippen LogP contribution in [0.15, 0.2) is 6.07 Å². The Kier molecular flexibility index (Phi) is 3.64. The maximum absolute atomic E-state index is 12.1. The number of carboxylic acids is 1. The number of nitrogens with zero attached hydrogens (tertiary/aromatic N) is 2. The lowest BCUT2D eigenvalue weighted by Gasteiger charge is -2.31. The molecule has 1 aromatic heterocycles. The van der Waals surface area contributed by atoms with Gasteiger partial charge in [0, 0.05) is 25.2 Å². The summed E-state index contributed by atoms with van der Waals surface area (Å²) in [6, 6.07) is 1.71. The molecule has 2 rings (SSSR count). The fourth-order valence-corrected chi connectivity index (χ4v) is 2.35. The molecule has 1 aliphatic rings. The number of aryl methyl sites for hydroxylation is 1. The third-order valence-electron chi connectivity index (χ3n) is 3.19. The summed E-state index contributed by atoms with van der Waals surface area (Å²) in [4.78, 5) is 24.5. The molecule has 2 heterocycles. The number of rotatable bonds is 3. The lowest BCUT2D eigenvalue weighted by molar-refractivity contribution is -0.138. The van der Waals surface area contributed by atoms with Crippen LogP contribution in [0.5, 0.6) is 0 Å². The molecule has 98 valence electrons. The van der Waals surface area contributed by atoms with E-state index in [9.17, 15) is 9.59 Å². The summed E-state index contributed by atoms with van der Waals surface area (Å²) in [5, 5.41) is 15.5. The first-order chi connectivity index (χ1) is 8.56. The summed E-state index contributed by atoms with van der Waals surface area (Å²) in [5.41, 5.74) is 1.25. The standard InChI is InChI=1S/C12H17N3O3/c1-8-5-10(14-13-8)12(18)15-4-2-3-9(7-15)6-11(16)17/h5,9H,2-4,6-7H2,1H3,(H,13,14)(H,16,17). The molecule has 0 aliphatic carbocycles. The molecular formula is C12H17N3O3. The number of nitrogens with one attached hydrogen (secondary N) is 1. The predicted molar refractivity (Wildman–Crippen MR) is 64.2 cm³/mol. The normalized spacial score (nSPS) is 19.8. The molecule has 0 radical (unpaired) electrons. The van der Waals surface area contributed by atoms with Crippen LogP contribution in [0.4, 0.5) is 0 Å². The number of aromatic amines is 1. The fraction of sp³-hybridized carbons (Fsp3) is 0.583. The molecule has 0 saturated carbocycles. The number of aromatic nitrogens is 2. The van der Waals surface area contributed by atoms with E-state index in [0.717, 1.165) is 18.5 Å². The van der Waals surface area contributed by atoms with Gasteiger partial charge < -0.3 is 10.0 Å². The Morgan fingerprint density at radius 1 is 1.61 bits per heavy atom. The second-order valence-electron chi connectivity index (χ2n) is 4.79. The first-order valence-electron chi connectivity index (χ1n) is 6.09. The van der Waals surface area contributed by atoms with Crippen molar-refractivity contribution in [3.05, 3.63) is 17.5 Å². The molecular weight excluding hydrogens is 234 g/mol. The van der Waals surface area contributed by atoms with E-state index in [4.69, 9.17) is 5.11 Å². The van der Waals surface area contributed by atoms with Crippen LogP contribution >= 0.6 is 0 Å². The molecule has 1 atom stereocenters. The van der Waals surface area contributed by atoms with Crippen molar-refractivity contribution in [2.45, 2.75) is 26.2 Å². The van der Waals surface area contributed by atoms with Gasteiger partial charge in [-0.2, -0.15) is 5.10 Å². The summed E-state index contributed by atoms with van der Waals surface area (Å²) in [7, 11) is 0. The highest BCUT2D eigenvalue weighted by atomic mass is 16.4. The van der Waals surface area contributed by atoms with Crippen molar-refractivity contribution >= 4 is 11.9 Å². The Morgan fingerprint density at radius 2 is 2.39 bits per heavy atom. The number of aliphatic carboxylic acids is 1. The number of carbonyl (C=O) groups excluding carboxylic acids is 1. The summed E-state index contributed by atoms with van der Waals surface area (Å²) in [5.74, 6) is -0.861. The molecule has 1 aliphatic heterocycles. The quantitative estimate of drug-likeness (QED) is 0.840. The first-order valence-corrected chi connectivity index (χ1v) is 6.09. The van der Waals surface area contributed by atoms with Gasteiger partial charge in [-0.3, -0.25) is 14.7 Å². The van der Waals surface area contributed by atoms with Gasteiger partial charge in [0.15, 0.2) is 0 Å². The van der Waals surface area contributed by atoms with E-state index >= 15 is 0 Å². The fourth-order valence-electron chi connectivity index (χ4n) is 2.35. The van der Waals surface area contributed by atoms with E-state index < -0.39 is 5.97 Å². The summed E-state index contributed by atoms with van der Waals surface area (Å²) >= 11 is 0. The summed E-state index contributed by atoms with van der Waals surface area (Å²) in [6.07, 6.45) is 1.85. The monoisotopic (exact) mass is 251 g/mol. The number of H-pyrrole nitrogens is 1. The molecule has 0 aromatic carbocycles. The molecule has 0 bridgehead atoms. The van der Waals surface area contributed by atoms with E-state index in [-0.39, 0.29) is 18.2 Å². The van der Waals surface area contributed by atoms with Crippen molar-refractivity contribution in [1.82, 2.24) is 15.1 Å². The maximum atomic E-state index is 12.1. The smallest absolute Gasteiger partial charge is 0.303 e. The second-order valence-corrected chi connectivity index (χ2v) is 4.79. The van der Waals surface area contributed by atoms with Crippen LogP contribution in [0.25, 0.3) is 0 Å². The first kappa shape index (κ1) is 12.6. The number of carbonyl (C=O) groups is 2. The number of carboxylic acid groups (broad SMARTS) is 1. The topological polar surface area (TPSA) is 86.3 Å². The van der Waals surface area contributed by atoms with Crippen molar-refractivity contribution in [3.8, 4) is 0 Å². The highest BCUT2D eigenvalue weighted by Crippen LogP contribution is 2.20. The number of amides is 1. The van der Waals surface area contributed by atoms with Crippen LogP contribution in [0.2, 0.25) is 0 Å². The van der Waals surface area contributed by atoms with Crippen LogP contribution in [-0.4, -0.2) is 45.2 Å². The number of hydrogen-bond acceptors (Lipinski definition) is 3. The minimum absolute atomic E-state index is 0.0558. The lowest BCUT2D eigenvalue weighted by Crippen LogP contribution is -2.40. The Hall–Kier alpha value is -1.85. The average molecular weight is 251 g/mol. The average Bonchev–Trinajstić information content (AvgIpc) is 2.74. The number of likely N-dealkylation sites (tertiary alicyclic amines) is 1. The zero-order valence-corrected chi connectivity index (χ0v) is 10.3. The largest absolute Gasteiger partial charge is 0.481 e. The van der Waals surface area contributed by atoms with E-state index in [2.05, 4.69) is 10.2 Å². The van der Waals surface area contributed by atoms with Gasteiger partial charge in [-0.05, 0) is 31.7 Å². The van der Waals surface area contributed by atoms with Crippen LogP contribution in [0.1, 0.15) is 35.4 Å². The molecule has 1 unspecified atom stereocenters. The molecule has 1 aromatic rings. The van der Waals surface area contributed by atoms with E-state index in [1.807, 2.05) is 6.92 Å². The van der Waals surface area contributed by atoms with Gasteiger partial charge in [0.2, 0.25) is 0 Å². The van der Waals surface area contributed by atoms with Gasteiger partial charge in [-0.25, -0.2) is 0 Å². The van der Waals surface area contributed by atoms with Gasteiger partial charge >= 0.3 is 5.97 Å². The van der Waals surface area contributed by atoms with Crippen LogP contribution in [-0.2, 0) is 4.79 Å². The van der Waals surface area contributed by atoms with Gasteiger partial charge in [0.05, 0.1) is 0 Å². The van der Waals surface area contributed by atoms with E-state index in [1.54, 1.807) is 11.0 Å².